The molecule has 1 amide bonds. The van der Waals surface area contributed by atoms with Crippen LogP contribution >= 0.6 is 24.0 Å². The molecule has 4 rings (SSSR count). The number of non-ortho nitro benzene ring substituents is 1. The lowest BCUT2D eigenvalue weighted by molar-refractivity contribution is -0.384. The van der Waals surface area contributed by atoms with Crippen LogP contribution in [0, 0.1) is 10.1 Å². The number of thiocarbonyl (C=S) groups is 1. The van der Waals surface area contributed by atoms with E-state index in [1.165, 1.54) is 36.0 Å². The lowest BCUT2D eigenvalue weighted by Gasteiger charge is -2.14. The molecule has 1 saturated heterocycles. The fourth-order valence-corrected chi connectivity index (χ4v) is 4.33. The Morgan fingerprint density at radius 2 is 1.70 bits per heavy atom. The van der Waals surface area contributed by atoms with Gasteiger partial charge in [-0.05, 0) is 41.5 Å². The summed E-state index contributed by atoms with van der Waals surface area (Å²) in [5, 5.41) is 10.7. The topological polar surface area (TPSA) is 89.8 Å². The third-order valence-electron chi connectivity index (χ3n) is 4.76. The van der Waals surface area contributed by atoms with Crippen molar-refractivity contribution in [1.29, 1.82) is 0 Å². The molecule has 0 aliphatic carbocycles. The zero-order valence-electron chi connectivity index (χ0n) is 17.0. The molecule has 0 N–H and O–H groups in total. The Labute approximate surface area is 198 Å². The highest BCUT2D eigenvalue weighted by molar-refractivity contribution is 8.26. The first-order chi connectivity index (χ1) is 15.9. The Kier molecular flexibility index (Phi) is 6.62. The van der Waals surface area contributed by atoms with Crippen molar-refractivity contribution in [2.75, 3.05) is 0 Å². The number of carbonyl (C=O) groups is 2. The maximum absolute atomic E-state index is 12.8. The summed E-state index contributed by atoms with van der Waals surface area (Å²) in [5.41, 5.74) is 1.84. The minimum Gasteiger partial charge on any atom is -0.423 e. The molecular formula is C24H16N2O5S2. The normalized spacial score (nSPS) is 14.5. The summed E-state index contributed by atoms with van der Waals surface area (Å²) in [4.78, 5) is 37.3. The van der Waals surface area contributed by atoms with Gasteiger partial charge in [0.25, 0.3) is 11.6 Å². The van der Waals surface area contributed by atoms with Crippen LogP contribution in [0.1, 0.15) is 21.5 Å². The van der Waals surface area contributed by atoms with E-state index in [0.29, 0.717) is 21.5 Å². The number of benzene rings is 3. The summed E-state index contributed by atoms with van der Waals surface area (Å²) >= 11 is 6.63. The molecule has 164 valence electrons. The van der Waals surface area contributed by atoms with Gasteiger partial charge in [-0.1, -0.05) is 66.4 Å². The number of carbonyl (C=O) groups excluding carboxylic acids is 2. The molecular weight excluding hydrogens is 460 g/mol. The molecule has 1 aliphatic rings. The van der Waals surface area contributed by atoms with Gasteiger partial charge in [0.15, 0.2) is 0 Å². The van der Waals surface area contributed by atoms with Crippen molar-refractivity contribution >= 4 is 51.9 Å². The predicted octanol–water partition coefficient (Wildman–Crippen LogP) is 5.22. The second-order valence-corrected chi connectivity index (χ2v) is 8.69. The molecule has 3 aromatic carbocycles. The second kappa shape index (κ2) is 9.76. The minimum atomic E-state index is -0.626. The van der Waals surface area contributed by atoms with Crippen LogP contribution < -0.4 is 4.74 Å². The number of nitro groups is 1. The van der Waals surface area contributed by atoms with Gasteiger partial charge in [-0.2, -0.15) is 0 Å². The largest absolute Gasteiger partial charge is 0.423 e. The first-order valence-electron chi connectivity index (χ1n) is 9.77. The molecule has 0 atom stereocenters. The quantitative estimate of drug-likeness (QED) is 0.120. The maximum atomic E-state index is 12.8. The molecule has 33 heavy (non-hydrogen) atoms. The average Bonchev–Trinajstić information content (AvgIpc) is 3.08. The van der Waals surface area contributed by atoms with Gasteiger partial charge in [-0.15, -0.1) is 0 Å². The van der Waals surface area contributed by atoms with Crippen LogP contribution in [0.5, 0.6) is 5.75 Å². The summed E-state index contributed by atoms with van der Waals surface area (Å²) in [6, 6.07) is 21.5. The number of hydrogen-bond donors (Lipinski definition) is 0. The number of amides is 1. The molecule has 1 aliphatic heterocycles. The zero-order chi connectivity index (χ0) is 23.4. The smallest absolute Gasteiger partial charge is 0.343 e. The highest BCUT2D eigenvalue weighted by atomic mass is 32.2. The first-order valence-corrected chi connectivity index (χ1v) is 11.0. The van der Waals surface area contributed by atoms with Gasteiger partial charge in [0.1, 0.15) is 10.1 Å². The number of ether oxygens (including phenoxy) is 1. The van der Waals surface area contributed by atoms with Crippen LogP contribution in [0.4, 0.5) is 5.69 Å². The molecule has 0 saturated carbocycles. The first kappa shape index (κ1) is 22.4. The Morgan fingerprint density at radius 3 is 2.33 bits per heavy atom. The van der Waals surface area contributed by atoms with E-state index in [1.54, 1.807) is 35.2 Å². The maximum Gasteiger partial charge on any atom is 0.343 e. The van der Waals surface area contributed by atoms with Crippen molar-refractivity contribution in [1.82, 2.24) is 4.90 Å². The minimum absolute atomic E-state index is 0.106. The predicted molar refractivity (Wildman–Crippen MR) is 130 cm³/mol. The van der Waals surface area contributed by atoms with E-state index in [9.17, 15) is 19.7 Å². The van der Waals surface area contributed by atoms with E-state index in [2.05, 4.69) is 0 Å². The van der Waals surface area contributed by atoms with Crippen LogP contribution in [0.25, 0.3) is 6.08 Å². The summed E-state index contributed by atoms with van der Waals surface area (Å²) in [6.07, 6.45) is 1.74. The number of rotatable bonds is 6. The Bertz CT molecular complexity index is 1260. The van der Waals surface area contributed by atoms with E-state index in [4.69, 9.17) is 17.0 Å². The Morgan fingerprint density at radius 1 is 1.03 bits per heavy atom. The van der Waals surface area contributed by atoms with Crippen molar-refractivity contribution in [3.05, 3.63) is 111 Å². The van der Waals surface area contributed by atoms with Crippen LogP contribution in [0.2, 0.25) is 0 Å². The van der Waals surface area contributed by atoms with Crippen LogP contribution in [-0.4, -0.2) is 26.0 Å². The standard InChI is InChI=1S/C24H16N2O5S2/c27-22-21(33-24(32)25(22)15-17-4-2-1-3-5-17)14-16-6-12-20(13-7-16)31-23(28)18-8-10-19(11-9-18)26(29)30/h1-14H,15H2/b21-14+. The number of esters is 1. The lowest BCUT2D eigenvalue weighted by Crippen LogP contribution is -2.27. The van der Waals surface area contributed by atoms with Gasteiger partial charge in [-0.25, -0.2) is 4.79 Å². The van der Waals surface area contributed by atoms with E-state index in [-0.39, 0.29) is 17.2 Å². The molecule has 7 nitrogen and oxygen atoms in total. The second-order valence-electron chi connectivity index (χ2n) is 7.02. The summed E-state index contributed by atoms with van der Waals surface area (Å²) in [6.45, 7) is 0.417. The van der Waals surface area contributed by atoms with E-state index >= 15 is 0 Å². The fourth-order valence-electron chi connectivity index (χ4n) is 3.07. The van der Waals surface area contributed by atoms with Crippen molar-refractivity contribution in [2.45, 2.75) is 6.54 Å². The highest BCUT2D eigenvalue weighted by Crippen LogP contribution is 2.33. The molecule has 1 fully saturated rings. The number of nitrogens with zero attached hydrogens (tertiary/aromatic N) is 2. The third kappa shape index (κ3) is 5.33. The van der Waals surface area contributed by atoms with Crippen molar-refractivity contribution < 1.29 is 19.2 Å². The number of thioether (sulfide) groups is 1. The van der Waals surface area contributed by atoms with Gasteiger partial charge < -0.3 is 4.74 Å². The van der Waals surface area contributed by atoms with Gasteiger partial charge >= 0.3 is 5.97 Å². The van der Waals surface area contributed by atoms with Gasteiger partial charge in [-0.3, -0.25) is 19.8 Å². The van der Waals surface area contributed by atoms with Crippen LogP contribution in [0.3, 0.4) is 0 Å². The van der Waals surface area contributed by atoms with Gasteiger partial charge in [0, 0.05) is 12.1 Å². The molecule has 9 heteroatoms. The van der Waals surface area contributed by atoms with Gasteiger partial charge in [0.05, 0.1) is 21.9 Å². The summed E-state index contributed by atoms with van der Waals surface area (Å²) in [5.74, 6) is -0.464. The van der Waals surface area contributed by atoms with Crippen LogP contribution in [-0.2, 0) is 11.3 Å². The number of nitro benzene ring substituents is 1. The summed E-state index contributed by atoms with van der Waals surface area (Å²) in [7, 11) is 0. The molecule has 0 unspecified atom stereocenters. The van der Waals surface area contributed by atoms with Gasteiger partial charge in [0.2, 0.25) is 0 Å². The van der Waals surface area contributed by atoms with Crippen molar-refractivity contribution in [3.63, 3.8) is 0 Å². The Hall–Kier alpha value is -3.82. The molecule has 1 heterocycles. The zero-order valence-corrected chi connectivity index (χ0v) is 18.7. The monoisotopic (exact) mass is 476 g/mol. The highest BCUT2D eigenvalue weighted by Gasteiger charge is 2.31. The van der Waals surface area contributed by atoms with E-state index in [1.807, 2.05) is 30.3 Å². The van der Waals surface area contributed by atoms with Crippen LogP contribution in [0.15, 0.2) is 83.8 Å². The van der Waals surface area contributed by atoms with Crippen molar-refractivity contribution in [3.8, 4) is 5.75 Å². The number of hydrogen-bond acceptors (Lipinski definition) is 7. The molecule has 0 radical (unpaired) electrons. The third-order valence-corrected chi connectivity index (χ3v) is 6.14. The average molecular weight is 477 g/mol. The summed E-state index contributed by atoms with van der Waals surface area (Å²) < 4.78 is 5.82. The Balaban J connectivity index is 1.41. The van der Waals surface area contributed by atoms with Crippen molar-refractivity contribution in [2.24, 2.45) is 0 Å². The lowest BCUT2D eigenvalue weighted by atomic mass is 10.2. The molecule has 0 aromatic heterocycles. The van der Waals surface area contributed by atoms with E-state index in [0.717, 1.165) is 11.1 Å². The molecule has 3 aromatic rings. The SMILES string of the molecule is O=C(Oc1ccc(/C=C2/SC(=S)N(Cc3ccccc3)C2=O)cc1)c1ccc([N+](=O)[O-])cc1. The van der Waals surface area contributed by atoms with E-state index < -0.39 is 10.9 Å². The molecule has 0 spiro atoms. The fraction of sp³-hybridized carbons (Fsp3) is 0.0417. The molecule has 0 bridgehead atoms.